The molecular formula is C12H21NO4. The Hall–Kier alpha value is -1.10. The normalized spacial score (nSPS) is 23.5. The third-order valence-corrected chi connectivity index (χ3v) is 2.61. The summed E-state index contributed by atoms with van der Waals surface area (Å²) >= 11 is 0. The molecule has 2 N–H and O–H groups in total. The summed E-state index contributed by atoms with van der Waals surface area (Å²) in [4.78, 5) is 23.3. The molecule has 0 aromatic rings. The molecule has 0 saturated carbocycles. The molecule has 2 atom stereocenters. The van der Waals surface area contributed by atoms with E-state index >= 15 is 0 Å². The maximum Gasteiger partial charge on any atom is 0.336 e. The minimum Gasteiger partial charge on any atom is -0.458 e. The van der Waals surface area contributed by atoms with Gasteiger partial charge in [0.05, 0.1) is 5.92 Å². The summed E-state index contributed by atoms with van der Waals surface area (Å²) in [5.41, 5.74) is -0.654. The summed E-state index contributed by atoms with van der Waals surface area (Å²) in [6.45, 7) is 5.79. The molecule has 1 heterocycles. The van der Waals surface area contributed by atoms with Crippen LogP contribution >= 0.6 is 0 Å². The number of amides is 1. The number of carbonyl (C=O) groups excluding carboxylic acids is 2. The molecule has 1 aliphatic rings. The maximum atomic E-state index is 11.7. The molecule has 5 nitrogen and oxygen atoms in total. The first-order valence-corrected chi connectivity index (χ1v) is 6.00. The first kappa shape index (κ1) is 14.0. The second kappa shape index (κ2) is 5.49. The van der Waals surface area contributed by atoms with Crippen molar-refractivity contribution in [1.29, 1.82) is 0 Å². The molecule has 5 heteroatoms. The van der Waals surface area contributed by atoms with Gasteiger partial charge in [0.25, 0.3) is 0 Å². The van der Waals surface area contributed by atoms with Gasteiger partial charge in [0.15, 0.2) is 6.10 Å². The van der Waals surface area contributed by atoms with Crippen LogP contribution in [0.1, 0.15) is 40.0 Å². The second-order valence-corrected chi connectivity index (χ2v) is 5.37. The van der Waals surface area contributed by atoms with E-state index in [1.54, 1.807) is 20.8 Å². The van der Waals surface area contributed by atoms with E-state index in [2.05, 4.69) is 5.32 Å². The summed E-state index contributed by atoms with van der Waals surface area (Å²) in [7, 11) is 0. The van der Waals surface area contributed by atoms with Crippen molar-refractivity contribution >= 4 is 11.9 Å². The van der Waals surface area contributed by atoms with Crippen LogP contribution in [0, 0.1) is 5.92 Å². The van der Waals surface area contributed by atoms with E-state index in [1.807, 2.05) is 0 Å². The standard InChI is InChI=1S/C12H21NO4/c1-12(2,3)17-11(16)9(14)8-6-4-5-7-13-10(8)15/h8-9,14H,4-7H2,1-3H3,(H,13,15)/t8-,9-/m1/s1. The molecule has 0 aliphatic carbocycles. The van der Waals surface area contributed by atoms with Gasteiger partial charge in [-0.25, -0.2) is 4.79 Å². The number of hydrogen-bond acceptors (Lipinski definition) is 4. The Morgan fingerprint density at radius 2 is 2.12 bits per heavy atom. The van der Waals surface area contributed by atoms with Crippen LogP contribution in [0.25, 0.3) is 0 Å². The first-order valence-electron chi connectivity index (χ1n) is 6.00. The summed E-state index contributed by atoms with van der Waals surface area (Å²) in [5.74, 6) is -1.67. The van der Waals surface area contributed by atoms with Crippen molar-refractivity contribution in [3.63, 3.8) is 0 Å². The van der Waals surface area contributed by atoms with E-state index in [1.165, 1.54) is 0 Å². The van der Waals surface area contributed by atoms with Gasteiger partial charge in [0.2, 0.25) is 5.91 Å². The molecule has 1 rings (SSSR count). The molecule has 0 bridgehead atoms. The molecule has 98 valence electrons. The minimum atomic E-state index is -1.37. The van der Waals surface area contributed by atoms with Crippen LogP contribution in [-0.4, -0.2) is 35.2 Å². The lowest BCUT2D eigenvalue weighted by Gasteiger charge is -2.24. The topological polar surface area (TPSA) is 75.6 Å². The molecular weight excluding hydrogens is 222 g/mol. The number of aliphatic hydroxyl groups is 1. The molecule has 0 spiro atoms. The Morgan fingerprint density at radius 3 is 2.71 bits per heavy atom. The number of nitrogens with one attached hydrogen (secondary N) is 1. The molecule has 1 amide bonds. The van der Waals surface area contributed by atoms with Crippen molar-refractivity contribution in [2.75, 3.05) is 6.54 Å². The third-order valence-electron chi connectivity index (χ3n) is 2.61. The van der Waals surface area contributed by atoms with Crippen LogP contribution in [0.3, 0.4) is 0 Å². The van der Waals surface area contributed by atoms with Crippen LogP contribution in [0.4, 0.5) is 0 Å². The zero-order chi connectivity index (χ0) is 13.1. The van der Waals surface area contributed by atoms with E-state index in [0.717, 1.165) is 12.8 Å². The fourth-order valence-corrected chi connectivity index (χ4v) is 1.79. The lowest BCUT2D eigenvalue weighted by Crippen LogP contribution is -2.42. The van der Waals surface area contributed by atoms with E-state index in [0.29, 0.717) is 13.0 Å². The molecule has 0 unspecified atom stereocenters. The van der Waals surface area contributed by atoms with Gasteiger partial charge in [-0.1, -0.05) is 6.42 Å². The number of carbonyl (C=O) groups is 2. The summed E-state index contributed by atoms with van der Waals surface area (Å²) < 4.78 is 5.07. The van der Waals surface area contributed by atoms with Gasteiger partial charge in [-0.05, 0) is 33.6 Å². The smallest absolute Gasteiger partial charge is 0.336 e. The molecule has 17 heavy (non-hydrogen) atoms. The molecule has 0 radical (unpaired) electrons. The van der Waals surface area contributed by atoms with Crippen LogP contribution in [0.2, 0.25) is 0 Å². The molecule has 0 aromatic heterocycles. The lowest BCUT2D eigenvalue weighted by molar-refractivity contribution is -0.170. The Kier molecular flexibility index (Phi) is 4.51. The van der Waals surface area contributed by atoms with Crippen molar-refractivity contribution < 1.29 is 19.4 Å². The van der Waals surface area contributed by atoms with Gasteiger partial charge >= 0.3 is 5.97 Å². The van der Waals surface area contributed by atoms with Crippen molar-refractivity contribution in [3.05, 3.63) is 0 Å². The van der Waals surface area contributed by atoms with Crippen molar-refractivity contribution in [2.45, 2.75) is 51.7 Å². The molecule has 1 aliphatic heterocycles. The third kappa shape index (κ3) is 4.34. The van der Waals surface area contributed by atoms with Crippen molar-refractivity contribution in [3.8, 4) is 0 Å². The highest BCUT2D eigenvalue weighted by atomic mass is 16.6. The van der Waals surface area contributed by atoms with Crippen LogP contribution in [0.15, 0.2) is 0 Å². The van der Waals surface area contributed by atoms with E-state index in [9.17, 15) is 14.7 Å². The average Bonchev–Trinajstić information content (AvgIpc) is 2.39. The maximum absolute atomic E-state index is 11.7. The Balaban J connectivity index is 2.63. The van der Waals surface area contributed by atoms with Gasteiger partial charge in [-0.3, -0.25) is 4.79 Å². The van der Waals surface area contributed by atoms with Crippen LogP contribution < -0.4 is 5.32 Å². The van der Waals surface area contributed by atoms with E-state index < -0.39 is 23.6 Å². The van der Waals surface area contributed by atoms with E-state index in [-0.39, 0.29) is 5.91 Å². The van der Waals surface area contributed by atoms with E-state index in [4.69, 9.17) is 4.74 Å². The fourth-order valence-electron chi connectivity index (χ4n) is 1.79. The zero-order valence-corrected chi connectivity index (χ0v) is 10.7. The van der Waals surface area contributed by atoms with Gasteiger partial charge in [-0.2, -0.15) is 0 Å². The number of aliphatic hydroxyl groups excluding tert-OH is 1. The molecule has 1 fully saturated rings. The quantitative estimate of drug-likeness (QED) is 0.697. The highest BCUT2D eigenvalue weighted by Crippen LogP contribution is 2.19. The van der Waals surface area contributed by atoms with Gasteiger partial charge in [0, 0.05) is 6.54 Å². The first-order chi connectivity index (χ1) is 7.81. The zero-order valence-electron chi connectivity index (χ0n) is 10.7. The number of esters is 1. The average molecular weight is 243 g/mol. The second-order valence-electron chi connectivity index (χ2n) is 5.37. The van der Waals surface area contributed by atoms with Gasteiger partial charge in [0.1, 0.15) is 5.60 Å². The Labute approximate surface area is 102 Å². The minimum absolute atomic E-state index is 0.263. The predicted octanol–water partition coefficient (Wildman–Crippen LogP) is 0.605. The van der Waals surface area contributed by atoms with Crippen molar-refractivity contribution in [2.24, 2.45) is 5.92 Å². The summed E-state index contributed by atoms with van der Waals surface area (Å²) in [6.07, 6.45) is 0.853. The number of rotatable bonds is 2. The van der Waals surface area contributed by atoms with Crippen molar-refractivity contribution in [1.82, 2.24) is 5.32 Å². The predicted molar refractivity (Wildman–Crippen MR) is 62.2 cm³/mol. The Bertz CT molecular complexity index is 295. The number of hydrogen-bond donors (Lipinski definition) is 2. The Morgan fingerprint density at radius 1 is 1.47 bits per heavy atom. The van der Waals surface area contributed by atoms with Crippen LogP contribution in [0.5, 0.6) is 0 Å². The number of ether oxygens (including phenoxy) is 1. The SMILES string of the molecule is CC(C)(C)OC(=O)[C@H](O)[C@H]1CCCCNC1=O. The fraction of sp³-hybridized carbons (Fsp3) is 0.833. The summed E-state index contributed by atoms with van der Waals surface area (Å²) in [5, 5.41) is 12.6. The highest BCUT2D eigenvalue weighted by Gasteiger charge is 2.35. The molecule has 1 saturated heterocycles. The van der Waals surface area contributed by atoms with Gasteiger partial charge in [-0.15, -0.1) is 0 Å². The summed E-state index contributed by atoms with van der Waals surface area (Å²) in [6, 6.07) is 0. The van der Waals surface area contributed by atoms with Crippen LogP contribution in [-0.2, 0) is 14.3 Å². The van der Waals surface area contributed by atoms with Gasteiger partial charge < -0.3 is 15.2 Å². The largest absolute Gasteiger partial charge is 0.458 e. The lowest BCUT2D eigenvalue weighted by atomic mass is 9.96. The monoisotopic (exact) mass is 243 g/mol. The molecule has 0 aromatic carbocycles. The highest BCUT2D eigenvalue weighted by molar-refractivity contribution is 5.86.